The summed E-state index contributed by atoms with van der Waals surface area (Å²) in [6, 6.07) is 58.2. The highest BCUT2D eigenvalue weighted by molar-refractivity contribution is 6.19. The molecule has 0 saturated carbocycles. The van der Waals surface area contributed by atoms with Gasteiger partial charge < -0.3 is 4.57 Å². The van der Waals surface area contributed by atoms with Crippen LogP contribution >= 0.6 is 0 Å². The smallest absolute Gasteiger partial charge is 0.238 e. The fourth-order valence-corrected chi connectivity index (χ4v) is 8.65. The summed E-state index contributed by atoms with van der Waals surface area (Å²) in [5.41, 5.74) is 12.8. The van der Waals surface area contributed by atoms with E-state index in [0.717, 1.165) is 38.6 Å². The normalized spacial score (nSPS) is 13.2. The first kappa shape index (κ1) is 29.8. The zero-order valence-corrected chi connectivity index (χ0v) is 29.3. The van der Waals surface area contributed by atoms with Crippen LogP contribution in [0.3, 0.4) is 0 Å². The molecule has 0 amide bonds. The molecule has 1 aliphatic rings. The molecule has 0 unspecified atom stereocenters. The zero-order chi connectivity index (χ0) is 35.3. The van der Waals surface area contributed by atoms with Gasteiger partial charge in [0.05, 0.1) is 22.1 Å². The van der Waals surface area contributed by atoms with Crippen molar-refractivity contribution in [2.24, 2.45) is 0 Å². The lowest BCUT2D eigenvalue weighted by atomic mass is 9.82. The fraction of sp³-hybridized carbons (Fsp3) is 0.0625. The summed E-state index contributed by atoms with van der Waals surface area (Å²) in [4.78, 5) is 15.3. The topological polar surface area (TPSA) is 48.5 Å². The molecule has 0 N–H and O–H groups in total. The van der Waals surface area contributed by atoms with Gasteiger partial charge in [-0.05, 0) is 58.7 Å². The second-order valence-corrected chi connectivity index (χ2v) is 14.5. The van der Waals surface area contributed by atoms with Crippen molar-refractivity contribution < 1.29 is 0 Å². The lowest BCUT2D eigenvalue weighted by Gasteiger charge is -2.22. The molecule has 53 heavy (non-hydrogen) atoms. The van der Waals surface area contributed by atoms with Gasteiger partial charge >= 0.3 is 0 Å². The maximum absolute atomic E-state index is 5.17. The van der Waals surface area contributed by atoms with Crippen molar-refractivity contribution in [2.45, 2.75) is 19.3 Å². The largest absolute Gasteiger partial charge is 0.309 e. The van der Waals surface area contributed by atoms with Crippen LogP contribution in [0.2, 0.25) is 0 Å². The van der Waals surface area contributed by atoms with E-state index in [1.165, 1.54) is 44.1 Å². The Morgan fingerprint density at radius 2 is 0.906 bits per heavy atom. The highest BCUT2D eigenvalue weighted by atomic mass is 15.2. The number of fused-ring (bicyclic) bond motifs is 9. The van der Waals surface area contributed by atoms with Gasteiger partial charge in [-0.2, -0.15) is 9.97 Å². The molecule has 0 fully saturated rings. The van der Waals surface area contributed by atoms with Gasteiger partial charge in [-0.15, -0.1) is 0 Å². The van der Waals surface area contributed by atoms with Gasteiger partial charge in [0, 0.05) is 43.8 Å². The number of benzene rings is 7. The summed E-state index contributed by atoms with van der Waals surface area (Å²) in [5, 5.41) is 4.68. The predicted octanol–water partition coefficient (Wildman–Crippen LogP) is 11.7. The summed E-state index contributed by atoms with van der Waals surface area (Å²) in [6.07, 6.45) is 0. The minimum absolute atomic E-state index is 0.0941. The van der Waals surface area contributed by atoms with Crippen LogP contribution < -0.4 is 0 Å². The van der Waals surface area contributed by atoms with Gasteiger partial charge in [0.15, 0.2) is 11.6 Å². The second kappa shape index (κ2) is 11.1. The van der Waals surface area contributed by atoms with Crippen LogP contribution in [0.15, 0.2) is 164 Å². The third-order valence-corrected chi connectivity index (χ3v) is 11.2. The van der Waals surface area contributed by atoms with Crippen LogP contribution in [0.4, 0.5) is 0 Å². The van der Waals surface area contributed by atoms with Crippen LogP contribution in [0.5, 0.6) is 0 Å². The fourth-order valence-electron chi connectivity index (χ4n) is 8.65. The van der Waals surface area contributed by atoms with Gasteiger partial charge in [0.2, 0.25) is 5.95 Å². The third kappa shape index (κ3) is 4.34. The van der Waals surface area contributed by atoms with Crippen LogP contribution in [0.25, 0.3) is 89.2 Å². The molecule has 0 atom stereocenters. The number of hydrogen-bond acceptors (Lipinski definition) is 3. The minimum atomic E-state index is -0.0941. The van der Waals surface area contributed by atoms with Gasteiger partial charge in [0.1, 0.15) is 0 Å². The van der Waals surface area contributed by atoms with Crippen molar-refractivity contribution in [3.63, 3.8) is 0 Å². The molecule has 5 nitrogen and oxygen atoms in total. The Morgan fingerprint density at radius 1 is 0.396 bits per heavy atom. The molecule has 0 saturated heterocycles. The molecule has 10 aromatic rings. The Bertz CT molecular complexity index is 3020. The lowest BCUT2D eigenvalue weighted by molar-refractivity contribution is 0.660. The molecule has 0 aliphatic heterocycles. The molecule has 3 aromatic heterocycles. The van der Waals surface area contributed by atoms with Gasteiger partial charge in [-0.25, -0.2) is 4.98 Å². The minimum Gasteiger partial charge on any atom is -0.309 e. The van der Waals surface area contributed by atoms with E-state index < -0.39 is 0 Å². The van der Waals surface area contributed by atoms with Gasteiger partial charge in [0.25, 0.3) is 0 Å². The molecule has 1 aliphatic carbocycles. The maximum atomic E-state index is 5.17. The summed E-state index contributed by atoms with van der Waals surface area (Å²) in [5.74, 6) is 1.87. The highest BCUT2D eigenvalue weighted by Gasteiger charge is 2.35. The highest BCUT2D eigenvalue weighted by Crippen LogP contribution is 2.49. The predicted molar refractivity (Wildman–Crippen MR) is 217 cm³/mol. The number of nitrogens with zero attached hydrogens (tertiary/aromatic N) is 5. The van der Waals surface area contributed by atoms with Gasteiger partial charge in [-0.1, -0.05) is 141 Å². The Morgan fingerprint density at radius 3 is 1.55 bits per heavy atom. The molecule has 5 heteroatoms. The SMILES string of the molecule is CC1(C)c2ccccc2-c2ccc(-n3c4ccccc4c4cc5c(cc43)c3ccccc3n5-c3nc(-c4ccccc4)nc(-c4ccccc4)n3)cc21. The van der Waals surface area contributed by atoms with E-state index in [9.17, 15) is 0 Å². The van der Waals surface area contributed by atoms with Crippen LogP contribution in [-0.2, 0) is 5.41 Å². The van der Waals surface area contributed by atoms with Crippen LogP contribution in [0.1, 0.15) is 25.0 Å². The zero-order valence-electron chi connectivity index (χ0n) is 29.3. The number of para-hydroxylation sites is 2. The number of rotatable bonds is 4. The summed E-state index contributed by atoms with van der Waals surface area (Å²) in [7, 11) is 0. The molecule has 0 radical (unpaired) electrons. The lowest BCUT2D eigenvalue weighted by Crippen LogP contribution is -2.15. The molecular weight excluding hydrogens is 647 g/mol. The molecular formula is C48H33N5. The third-order valence-electron chi connectivity index (χ3n) is 11.2. The molecule has 11 rings (SSSR count). The quantitative estimate of drug-likeness (QED) is 0.186. The van der Waals surface area contributed by atoms with Crippen molar-refractivity contribution in [3.8, 4) is 45.5 Å². The Balaban J connectivity index is 1.20. The number of aromatic nitrogens is 5. The van der Waals surface area contributed by atoms with Crippen molar-refractivity contribution >= 4 is 43.6 Å². The van der Waals surface area contributed by atoms with Gasteiger partial charge in [-0.3, -0.25) is 4.57 Å². The van der Waals surface area contributed by atoms with Crippen LogP contribution in [0, 0.1) is 0 Å². The van der Waals surface area contributed by atoms with E-state index in [-0.39, 0.29) is 5.41 Å². The van der Waals surface area contributed by atoms with E-state index >= 15 is 0 Å². The second-order valence-electron chi connectivity index (χ2n) is 14.5. The van der Waals surface area contributed by atoms with Crippen molar-refractivity contribution in [1.82, 2.24) is 24.1 Å². The summed E-state index contributed by atoms with van der Waals surface area (Å²) in [6.45, 7) is 4.69. The van der Waals surface area contributed by atoms with E-state index in [4.69, 9.17) is 15.0 Å². The van der Waals surface area contributed by atoms with Crippen molar-refractivity contribution in [3.05, 3.63) is 175 Å². The van der Waals surface area contributed by atoms with Crippen LogP contribution in [-0.4, -0.2) is 24.1 Å². The maximum Gasteiger partial charge on any atom is 0.238 e. The first-order valence-corrected chi connectivity index (χ1v) is 18.1. The van der Waals surface area contributed by atoms with E-state index in [0.29, 0.717) is 17.6 Å². The molecule has 250 valence electrons. The first-order chi connectivity index (χ1) is 26.0. The molecule has 0 spiro atoms. The van der Waals surface area contributed by atoms with Crippen molar-refractivity contribution in [2.75, 3.05) is 0 Å². The monoisotopic (exact) mass is 679 g/mol. The van der Waals surface area contributed by atoms with E-state index in [1.54, 1.807) is 0 Å². The average molecular weight is 680 g/mol. The summed E-state index contributed by atoms with van der Waals surface area (Å²) >= 11 is 0. The van der Waals surface area contributed by atoms with E-state index in [1.807, 2.05) is 36.4 Å². The Hall–Kier alpha value is -6.85. The Kier molecular flexibility index (Phi) is 6.23. The molecule has 0 bridgehead atoms. The molecule has 3 heterocycles. The number of hydrogen-bond donors (Lipinski definition) is 0. The first-order valence-electron chi connectivity index (χ1n) is 18.1. The van der Waals surface area contributed by atoms with E-state index in [2.05, 4.69) is 150 Å². The average Bonchev–Trinajstić information content (AvgIpc) is 3.80. The standard InChI is InChI=1S/C48H33N5/c1-48(2)39-22-12-9-19-33(39)34-26-25-32(27-40(34)48)52-41-23-13-10-20-35(41)37-29-44-38(28-43(37)52)36-21-11-14-24-42(36)53(44)47-50-45(30-15-5-3-6-16-30)49-46(51-47)31-17-7-4-8-18-31/h3-29H,1-2H3. The Labute approximate surface area is 306 Å². The summed E-state index contributed by atoms with van der Waals surface area (Å²) < 4.78 is 4.66. The van der Waals surface area contributed by atoms with Crippen molar-refractivity contribution in [1.29, 1.82) is 0 Å². The molecule has 7 aromatic carbocycles.